The van der Waals surface area contributed by atoms with Gasteiger partial charge in [-0.15, -0.1) is 0 Å². The zero-order valence-corrected chi connectivity index (χ0v) is 9.69. The molecule has 4 nitrogen and oxygen atoms in total. The first-order valence-corrected chi connectivity index (χ1v) is 5.29. The van der Waals surface area contributed by atoms with Crippen molar-refractivity contribution in [1.29, 1.82) is 0 Å². The first-order valence-electron chi connectivity index (χ1n) is 5.29. The molecule has 1 aromatic carbocycles. The monoisotopic (exact) mass is 222 g/mol. The minimum absolute atomic E-state index is 0.0448. The van der Waals surface area contributed by atoms with E-state index in [4.69, 9.17) is 10.5 Å². The molecule has 16 heavy (non-hydrogen) atoms. The van der Waals surface area contributed by atoms with Gasteiger partial charge in [-0.05, 0) is 31.0 Å². The van der Waals surface area contributed by atoms with Gasteiger partial charge in [0.2, 0.25) is 0 Å². The number of likely N-dealkylation sites (N-methyl/N-ethyl adjacent to an activating group) is 1. The number of nitrogens with one attached hydrogen (secondary N) is 1. The van der Waals surface area contributed by atoms with E-state index >= 15 is 0 Å². The molecule has 1 aromatic rings. The van der Waals surface area contributed by atoms with Crippen LogP contribution in [0.1, 0.15) is 12.5 Å². The van der Waals surface area contributed by atoms with Crippen molar-refractivity contribution < 1.29 is 9.53 Å². The summed E-state index contributed by atoms with van der Waals surface area (Å²) in [5.41, 5.74) is 6.86. The van der Waals surface area contributed by atoms with Gasteiger partial charge in [0, 0.05) is 13.1 Å². The lowest BCUT2D eigenvalue weighted by Crippen LogP contribution is -2.24. The Balaban J connectivity index is 2.48. The van der Waals surface area contributed by atoms with Crippen molar-refractivity contribution in [2.45, 2.75) is 19.4 Å². The molecule has 0 radical (unpaired) electrons. The van der Waals surface area contributed by atoms with E-state index in [1.165, 1.54) is 5.56 Å². The molecule has 0 saturated heterocycles. The highest BCUT2D eigenvalue weighted by molar-refractivity contribution is 5.77. The molecular formula is C12H18N2O2. The van der Waals surface area contributed by atoms with Crippen LogP contribution in [0.4, 0.5) is 0 Å². The number of rotatable bonds is 5. The summed E-state index contributed by atoms with van der Waals surface area (Å²) in [5, 5.41) is 2.49. The topological polar surface area (TPSA) is 64.3 Å². The molecule has 0 heterocycles. The average Bonchev–Trinajstić information content (AvgIpc) is 2.27. The predicted octanol–water partition coefficient (Wildman–Crippen LogP) is 0.701. The van der Waals surface area contributed by atoms with E-state index in [2.05, 4.69) is 5.32 Å². The van der Waals surface area contributed by atoms with Crippen molar-refractivity contribution in [3.05, 3.63) is 29.8 Å². The molecule has 1 unspecified atom stereocenters. The van der Waals surface area contributed by atoms with Gasteiger partial charge in [-0.1, -0.05) is 12.1 Å². The second-order valence-corrected chi connectivity index (χ2v) is 3.79. The van der Waals surface area contributed by atoms with Gasteiger partial charge < -0.3 is 15.8 Å². The van der Waals surface area contributed by atoms with E-state index in [0.29, 0.717) is 5.75 Å². The summed E-state index contributed by atoms with van der Waals surface area (Å²) >= 11 is 0. The third-order valence-electron chi connectivity index (χ3n) is 2.13. The van der Waals surface area contributed by atoms with E-state index in [0.717, 1.165) is 6.42 Å². The lowest BCUT2D eigenvalue weighted by atomic mass is 10.1. The van der Waals surface area contributed by atoms with Crippen molar-refractivity contribution in [3.8, 4) is 5.75 Å². The minimum Gasteiger partial charge on any atom is -0.484 e. The zero-order valence-electron chi connectivity index (χ0n) is 9.69. The summed E-state index contributed by atoms with van der Waals surface area (Å²) in [5.74, 6) is 0.552. The Morgan fingerprint density at radius 3 is 2.56 bits per heavy atom. The smallest absolute Gasteiger partial charge is 0.257 e. The van der Waals surface area contributed by atoms with Gasteiger partial charge in [-0.2, -0.15) is 0 Å². The lowest BCUT2D eigenvalue weighted by molar-refractivity contribution is -0.122. The number of nitrogens with two attached hydrogens (primary N) is 1. The van der Waals surface area contributed by atoms with Gasteiger partial charge in [-0.3, -0.25) is 4.79 Å². The summed E-state index contributed by atoms with van der Waals surface area (Å²) in [6.07, 6.45) is 0.843. The summed E-state index contributed by atoms with van der Waals surface area (Å²) in [4.78, 5) is 10.9. The molecule has 1 atom stereocenters. The van der Waals surface area contributed by atoms with E-state index in [1.54, 1.807) is 7.05 Å². The highest BCUT2D eigenvalue weighted by Gasteiger charge is 2.01. The number of hydrogen-bond acceptors (Lipinski definition) is 3. The minimum atomic E-state index is -0.139. The fraction of sp³-hybridized carbons (Fsp3) is 0.417. The highest BCUT2D eigenvalue weighted by Crippen LogP contribution is 2.12. The number of carbonyl (C=O) groups excluding carboxylic acids is 1. The molecule has 88 valence electrons. The quantitative estimate of drug-likeness (QED) is 0.771. The molecule has 0 spiro atoms. The maximum Gasteiger partial charge on any atom is 0.257 e. The summed E-state index contributed by atoms with van der Waals surface area (Å²) in [7, 11) is 1.58. The van der Waals surface area contributed by atoms with Gasteiger partial charge in [0.05, 0.1) is 0 Å². The first-order chi connectivity index (χ1) is 7.61. The zero-order chi connectivity index (χ0) is 12.0. The molecule has 0 saturated carbocycles. The van der Waals surface area contributed by atoms with Crippen LogP contribution in [0.25, 0.3) is 0 Å². The van der Waals surface area contributed by atoms with E-state index in [-0.39, 0.29) is 18.6 Å². The standard InChI is InChI=1S/C12H18N2O2/c1-9(13)7-10-3-5-11(6-4-10)16-8-12(15)14-2/h3-6,9H,7-8,13H2,1-2H3,(H,14,15). The molecule has 0 aliphatic carbocycles. The summed E-state index contributed by atoms with van der Waals surface area (Å²) < 4.78 is 5.28. The van der Waals surface area contributed by atoms with Crippen LogP contribution in [0.3, 0.4) is 0 Å². The Morgan fingerprint density at radius 1 is 1.44 bits per heavy atom. The van der Waals surface area contributed by atoms with Crippen LogP contribution in [0.2, 0.25) is 0 Å². The molecular weight excluding hydrogens is 204 g/mol. The normalized spacial score (nSPS) is 11.9. The van der Waals surface area contributed by atoms with E-state index in [9.17, 15) is 4.79 Å². The molecule has 3 N–H and O–H groups in total. The van der Waals surface area contributed by atoms with Crippen LogP contribution in [-0.2, 0) is 11.2 Å². The number of carbonyl (C=O) groups is 1. The van der Waals surface area contributed by atoms with Gasteiger partial charge in [-0.25, -0.2) is 0 Å². The molecule has 0 aromatic heterocycles. The van der Waals surface area contributed by atoms with E-state index in [1.807, 2.05) is 31.2 Å². The van der Waals surface area contributed by atoms with Crippen molar-refractivity contribution >= 4 is 5.91 Å². The third kappa shape index (κ3) is 4.31. The Hall–Kier alpha value is -1.55. The summed E-state index contributed by atoms with van der Waals surface area (Å²) in [6.45, 7) is 2.01. The molecule has 0 fully saturated rings. The van der Waals surface area contributed by atoms with Crippen LogP contribution in [-0.4, -0.2) is 25.6 Å². The predicted molar refractivity (Wildman–Crippen MR) is 63.4 cm³/mol. The Bertz CT molecular complexity index is 333. The largest absolute Gasteiger partial charge is 0.484 e. The fourth-order valence-corrected chi connectivity index (χ4v) is 1.31. The van der Waals surface area contributed by atoms with Crippen LogP contribution < -0.4 is 15.8 Å². The van der Waals surface area contributed by atoms with Gasteiger partial charge in [0.1, 0.15) is 5.75 Å². The van der Waals surface area contributed by atoms with Crippen LogP contribution >= 0.6 is 0 Å². The molecule has 0 bridgehead atoms. The second-order valence-electron chi connectivity index (χ2n) is 3.79. The molecule has 0 aliphatic heterocycles. The number of hydrogen-bond donors (Lipinski definition) is 2. The lowest BCUT2D eigenvalue weighted by Gasteiger charge is -2.07. The van der Waals surface area contributed by atoms with Crippen molar-refractivity contribution in [3.63, 3.8) is 0 Å². The van der Waals surface area contributed by atoms with Crippen LogP contribution in [0.5, 0.6) is 5.75 Å². The first kappa shape index (κ1) is 12.5. The Morgan fingerprint density at radius 2 is 2.06 bits per heavy atom. The summed E-state index contributed by atoms with van der Waals surface area (Å²) in [6, 6.07) is 7.77. The van der Waals surface area contributed by atoms with Crippen molar-refractivity contribution in [2.75, 3.05) is 13.7 Å². The molecule has 1 amide bonds. The fourth-order valence-electron chi connectivity index (χ4n) is 1.31. The van der Waals surface area contributed by atoms with Gasteiger partial charge in [0.15, 0.2) is 6.61 Å². The number of benzene rings is 1. The van der Waals surface area contributed by atoms with Gasteiger partial charge in [0.25, 0.3) is 5.91 Å². The van der Waals surface area contributed by atoms with E-state index < -0.39 is 0 Å². The number of amides is 1. The maximum atomic E-state index is 10.9. The highest BCUT2D eigenvalue weighted by atomic mass is 16.5. The molecule has 1 rings (SSSR count). The van der Waals surface area contributed by atoms with Crippen LogP contribution in [0.15, 0.2) is 24.3 Å². The second kappa shape index (κ2) is 6.12. The third-order valence-corrected chi connectivity index (χ3v) is 2.13. The maximum absolute atomic E-state index is 10.9. The number of ether oxygens (including phenoxy) is 1. The van der Waals surface area contributed by atoms with Gasteiger partial charge >= 0.3 is 0 Å². The van der Waals surface area contributed by atoms with Crippen molar-refractivity contribution in [2.24, 2.45) is 5.73 Å². The molecule has 4 heteroatoms. The molecule has 0 aliphatic rings. The Kier molecular flexibility index (Phi) is 4.79. The van der Waals surface area contributed by atoms with Crippen LogP contribution in [0, 0.1) is 0 Å². The average molecular weight is 222 g/mol. The SMILES string of the molecule is CNC(=O)COc1ccc(CC(C)N)cc1. The Labute approximate surface area is 95.8 Å². The van der Waals surface area contributed by atoms with Crippen molar-refractivity contribution in [1.82, 2.24) is 5.32 Å².